The smallest absolute Gasteiger partial charge is 0.425 e. The standard InChI is InChI=1S/C10H10F5NO/c11-6-2-1-3-7(12)9(6)17-8(4-5-16)10(13,14)15/h1-3,8H,4-5,16H2. The fourth-order valence-corrected chi connectivity index (χ4v) is 1.18. The van der Waals surface area contributed by atoms with Gasteiger partial charge in [0.2, 0.25) is 0 Å². The van der Waals surface area contributed by atoms with Gasteiger partial charge in [-0.1, -0.05) is 6.07 Å². The Bertz CT molecular complexity index is 359. The number of rotatable bonds is 4. The predicted molar refractivity (Wildman–Crippen MR) is 50.5 cm³/mol. The van der Waals surface area contributed by atoms with Crippen LogP contribution in [0, 0.1) is 11.6 Å². The fourth-order valence-electron chi connectivity index (χ4n) is 1.18. The van der Waals surface area contributed by atoms with Crippen LogP contribution >= 0.6 is 0 Å². The van der Waals surface area contributed by atoms with E-state index in [0.717, 1.165) is 18.2 Å². The molecule has 2 N–H and O–H groups in total. The number of halogens is 5. The molecule has 1 rings (SSSR count). The Morgan fingerprint density at radius 2 is 1.71 bits per heavy atom. The molecule has 0 radical (unpaired) electrons. The third-order valence-corrected chi connectivity index (χ3v) is 1.97. The highest BCUT2D eigenvalue weighted by Crippen LogP contribution is 2.30. The molecule has 0 fully saturated rings. The predicted octanol–water partition coefficient (Wildman–Crippen LogP) is 2.62. The van der Waals surface area contributed by atoms with E-state index in [0.29, 0.717) is 0 Å². The second kappa shape index (κ2) is 5.31. The zero-order chi connectivity index (χ0) is 13.1. The molecule has 1 aromatic rings. The van der Waals surface area contributed by atoms with E-state index in [1.807, 2.05) is 0 Å². The summed E-state index contributed by atoms with van der Waals surface area (Å²) in [7, 11) is 0. The molecule has 0 aliphatic carbocycles. The van der Waals surface area contributed by atoms with Crippen LogP contribution in [0.4, 0.5) is 22.0 Å². The zero-order valence-corrected chi connectivity index (χ0v) is 8.60. The first-order valence-corrected chi connectivity index (χ1v) is 4.73. The molecule has 0 aliphatic rings. The summed E-state index contributed by atoms with van der Waals surface area (Å²) in [6.45, 7) is -0.305. The molecule has 0 heterocycles. The molecule has 2 nitrogen and oxygen atoms in total. The van der Waals surface area contributed by atoms with E-state index in [1.54, 1.807) is 0 Å². The molecule has 0 saturated carbocycles. The highest BCUT2D eigenvalue weighted by Gasteiger charge is 2.41. The summed E-state index contributed by atoms with van der Waals surface area (Å²) in [6, 6.07) is 2.66. The fraction of sp³-hybridized carbons (Fsp3) is 0.400. The van der Waals surface area contributed by atoms with Crippen LogP contribution in [0.5, 0.6) is 5.75 Å². The van der Waals surface area contributed by atoms with E-state index in [2.05, 4.69) is 4.74 Å². The van der Waals surface area contributed by atoms with Crippen molar-refractivity contribution in [2.24, 2.45) is 5.73 Å². The first kappa shape index (κ1) is 13.7. The van der Waals surface area contributed by atoms with Crippen LogP contribution in [-0.2, 0) is 0 Å². The van der Waals surface area contributed by atoms with Gasteiger partial charge >= 0.3 is 6.18 Å². The maximum atomic E-state index is 13.1. The largest absolute Gasteiger partial charge is 0.475 e. The Labute approximate surface area is 94.2 Å². The van der Waals surface area contributed by atoms with Crippen LogP contribution in [0.15, 0.2) is 18.2 Å². The molecule has 0 aromatic heterocycles. The van der Waals surface area contributed by atoms with E-state index in [4.69, 9.17) is 5.73 Å². The summed E-state index contributed by atoms with van der Waals surface area (Å²) in [5.41, 5.74) is 4.99. The summed E-state index contributed by atoms with van der Waals surface area (Å²) in [5.74, 6) is -3.41. The molecule has 0 amide bonds. The molecule has 96 valence electrons. The second-order valence-corrected chi connectivity index (χ2v) is 3.28. The van der Waals surface area contributed by atoms with Gasteiger partial charge in [-0.3, -0.25) is 0 Å². The number of nitrogens with two attached hydrogens (primary N) is 1. The van der Waals surface area contributed by atoms with E-state index in [9.17, 15) is 22.0 Å². The van der Waals surface area contributed by atoms with Crippen molar-refractivity contribution in [2.45, 2.75) is 18.7 Å². The van der Waals surface area contributed by atoms with Crippen molar-refractivity contribution in [3.63, 3.8) is 0 Å². The van der Waals surface area contributed by atoms with Crippen molar-refractivity contribution in [3.8, 4) is 5.75 Å². The third-order valence-electron chi connectivity index (χ3n) is 1.97. The molecule has 1 aromatic carbocycles. The second-order valence-electron chi connectivity index (χ2n) is 3.28. The van der Waals surface area contributed by atoms with Gasteiger partial charge in [0, 0.05) is 6.42 Å². The molecule has 0 spiro atoms. The van der Waals surface area contributed by atoms with Crippen LogP contribution < -0.4 is 10.5 Å². The minimum absolute atomic E-state index is 0.305. The molecular weight excluding hydrogens is 245 g/mol. The summed E-state index contributed by atoms with van der Waals surface area (Å²) in [5, 5.41) is 0. The van der Waals surface area contributed by atoms with E-state index >= 15 is 0 Å². The molecular formula is C10H10F5NO. The summed E-state index contributed by atoms with van der Waals surface area (Å²) in [6.07, 6.45) is -7.62. The van der Waals surface area contributed by atoms with Crippen molar-refractivity contribution >= 4 is 0 Å². The number of alkyl halides is 3. The molecule has 0 saturated heterocycles. The zero-order valence-electron chi connectivity index (χ0n) is 8.60. The molecule has 17 heavy (non-hydrogen) atoms. The highest BCUT2D eigenvalue weighted by atomic mass is 19.4. The van der Waals surface area contributed by atoms with Gasteiger partial charge in [0.1, 0.15) is 0 Å². The molecule has 0 bridgehead atoms. The number of hydrogen-bond donors (Lipinski definition) is 1. The van der Waals surface area contributed by atoms with Gasteiger partial charge in [-0.2, -0.15) is 13.2 Å². The van der Waals surface area contributed by atoms with Crippen LogP contribution in [0.2, 0.25) is 0 Å². The van der Waals surface area contributed by atoms with Gasteiger partial charge < -0.3 is 10.5 Å². The van der Waals surface area contributed by atoms with Crippen molar-refractivity contribution in [1.82, 2.24) is 0 Å². The van der Waals surface area contributed by atoms with Crippen LogP contribution in [0.25, 0.3) is 0 Å². The summed E-state index contributed by atoms with van der Waals surface area (Å²) in [4.78, 5) is 0. The average Bonchev–Trinajstić information content (AvgIpc) is 2.20. The Morgan fingerprint density at radius 3 is 2.12 bits per heavy atom. The number of hydrogen-bond acceptors (Lipinski definition) is 2. The Hall–Kier alpha value is -1.37. The minimum Gasteiger partial charge on any atom is -0.475 e. The quantitative estimate of drug-likeness (QED) is 0.839. The van der Waals surface area contributed by atoms with E-state index in [1.165, 1.54) is 0 Å². The third kappa shape index (κ3) is 3.55. The van der Waals surface area contributed by atoms with Crippen molar-refractivity contribution in [1.29, 1.82) is 0 Å². The number of para-hydroxylation sites is 1. The van der Waals surface area contributed by atoms with Gasteiger partial charge in [0.25, 0.3) is 0 Å². The summed E-state index contributed by atoms with van der Waals surface area (Å²) < 4.78 is 67.8. The van der Waals surface area contributed by atoms with Crippen molar-refractivity contribution in [3.05, 3.63) is 29.8 Å². The maximum Gasteiger partial charge on any atom is 0.425 e. The van der Waals surface area contributed by atoms with Gasteiger partial charge in [0.15, 0.2) is 23.5 Å². The number of ether oxygens (including phenoxy) is 1. The van der Waals surface area contributed by atoms with Crippen LogP contribution in [0.1, 0.15) is 6.42 Å². The van der Waals surface area contributed by atoms with Crippen molar-refractivity contribution in [2.75, 3.05) is 6.54 Å². The first-order valence-electron chi connectivity index (χ1n) is 4.73. The minimum atomic E-state index is -4.73. The van der Waals surface area contributed by atoms with E-state index < -0.39 is 36.1 Å². The van der Waals surface area contributed by atoms with Crippen molar-refractivity contribution < 1.29 is 26.7 Å². The lowest BCUT2D eigenvalue weighted by Gasteiger charge is -2.21. The van der Waals surface area contributed by atoms with Crippen LogP contribution in [-0.4, -0.2) is 18.8 Å². The lowest BCUT2D eigenvalue weighted by atomic mass is 10.2. The maximum absolute atomic E-state index is 13.1. The van der Waals surface area contributed by atoms with Crippen LogP contribution in [0.3, 0.4) is 0 Å². The number of benzene rings is 1. The summed E-state index contributed by atoms with van der Waals surface area (Å²) >= 11 is 0. The lowest BCUT2D eigenvalue weighted by Crippen LogP contribution is -2.36. The Morgan fingerprint density at radius 1 is 1.18 bits per heavy atom. The highest BCUT2D eigenvalue weighted by molar-refractivity contribution is 5.26. The van der Waals surface area contributed by atoms with Gasteiger partial charge in [-0.25, -0.2) is 8.78 Å². The van der Waals surface area contributed by atoms with Gasteiger partial charge in [-0.05, 0) is 18.7 Å². The monoisotopic (exact) mass is 255 g/mol. The molecule has 1 atom stereocenters. The van der Waals surface area contributed by atoms with E-state index in [-0.39, 0.29) is 6.54 Å². The topological polar surface area (TPSA) is 35.2 Å². The Kier molecular flexibility index (Phi) is 4.28. The molecule has 7 heteroatoms. The van der Waals surface area contributed by atoms with Gasteiger partial charge in [-0.15, -0.1) is 0 Å². The molecule has 0 aliphatic heterocycles. The first-order chi connectivity index (χ1) is 7.86. The Balaban J connectivity index is 2.94. The average molecular weight is 255 g/mol. The molecule has 1 unspecified atom stereocenters. The SMILES string of the molecule is NCCC(Oc1c(F)cccc1F)C(F)(F)F. The lowest BCUT2D eigenvalue weighted by molar-refractivity contribution is -0.197. The normalized spacial score (nSPS) is 13.5. The van der Waals surface area contributed by atoms with Gasteiger partial charge in [0.05, 0.1) is 0 Å².